The number of carbonyl (C=O) groups is 2. The largest absolute Gasteiger partial charge is 0.360 e. The lowest BCUT2D eigenvalue weighted by Gasteiger charge is -2.28. The fourth-order valence-electron chi connectivity index (χ4n) is 5.23. The quantitative estimate of drug-likeness (QED) is 0.798. The highest BCUT2D eigenvalue weighted by Crippen LogP contribution is 2.61. The van der Waals surface area contributed by atoms with Gasteiger partial charge in [0.25, 0.3) is 0 Å². The predicted molar refractivity (Wildman–Crippen MR) is 86.1 cm³/mol. The average molecular weight is 322 g/mol. The number of aryl methyl sites for hydroxylation is 1. The Morgan fingerprint density at radius 1 is 1.08 bits per heavy atom. The van der Waals surface area contributed by atoms with Crippen molar-refractivity contribution in [2.24, 2.45) is 23.7 Å². The van der Waals surface area contributed by atoms with E-state index in [0.29, 0.717) is 23.4 Å². The SMILES string of the molecule is Cc1cc(N2C(=O)[C@@H]3[C@@H]4C[C@@H]([C@@H]3C2=O)[C@@H](c2ccccc2)C4)no1. The van der Waals surface area contributed by atoms with Crippen molar-refractivity contribution < 1.29 is 14.1 Å². The summed E-state index contributed by atoms with van der Waals surface area (Å²) in [5.41, 5.74) is 1.29. The minimum atomic E-state index is -0.196. The molecule has 1 aromatic heterocycles. The van der Waals surface area contributed by atoms with E-state index in [1.165, 1.54) is 10.5 Å². The minimum Gasteiger partial charge on any atom is -0.360 e. The van der Waals surface area contributed by atoms with Gasteiger partial charge in [-0.3, -0.25) is 9.59 Å². The second-order valence-corrected chi connectivity index (χ2v) is 7.27. The van der Waals surface area contributed by atoms with E-state index in [1.54, 1.807) is 13.0 Å². The minimum absolute atomic E-state index is 0.0858. The fourth-order valence-corrected chi connectivity index (χ4v) is 5.23. The molecule has 5 heteroatoms. The topological polar surface area (TPSA) is 63.4 Å². The van der Waals surface area contributed by atoms with Crippen LogP contribution in [0.3, 0.4) is 0 Å². The summed E-state index contributed by atoms with van der Waals surface area (Å²) in [6, 6.07) is 12.0. The van der Waals surface area contributed by atoms with E-state index in [1.807, 2.05) is 18.2 Å². The molecule has 2 aromatic rings. The molecule has 2 heterocycles. The van der Waals surface area contributed by atoms with Gasteiger partial charge in [0.2, 0.25) is 11.8 Å². The standard InChI is InChI=1S/C19H18N2O3/c1-10-7-15(20-24-10)21-18(22)16-12-8-13(11-5-3-2-4-6-11)14(9-12)17(16)19(21)23/h2-7,12-14,16-17H,8-9H2,1H3/t12-,13+,14+,16+,17-/m0/s1. The van der Waals surface area contributed by atoms with Crippen LogP contribution in [-0.2, 0) is 9.59 Å². The molecule has 1 aromatic carbocycles. The van der Waals surface area contributed by atoms with Crippen molar-refractivity contribution in [1.82, 2.24) is 5.16 Å². The summed E-state index contributed by atoms with van der Waals surface area (Å²) in [5.74, 6) is 1.35. The van der Waals surface area contributed by atoms with Crippen molar-refractivity contribution in [2.75, 3.05) is 4.90 Å². The number of nitrogens with zero attached hydrogens (tertiary/aromatic N) is 2. The molecular formula is C19H18N2O3. The van der Waals surface area contributed by atoms with Crippen LogP contribution in [0.25, 0.3) is 0 Å². The summed E-state index contributed by atoms with van der Waals surface area (Å²) >= 11 is 0. The molecule has 0 N–H and O–H groups in total. The lowest BCUT2D eigenvalue weighted by molar-refractivity contribution is -0.123. The smallest absolute Gasteiger partial charge is 0.239 e. The van der Waals surface area contributed by atoms with E-state index in [4.69, 9.17) is 4.52 Å². The number of hydrogen-bond donors (Lipinski definition) is 0. The first-order valence-electron chi connectivity index (χ1n) is 8.51. The number of benzene rings is 1. The molecule has 0 unspecified atom stereocenters. The maximum absolute atomic E-state index is 13.0. The van der Waals surface area contributed by atoms with Crippen LogP contribution in [0.15, 0.2) is 40.9 Å². The highest BCUT2D eigenvalue weighted by atomic mass is 16.5. The number of amides is 2. The van der Waals surface area contributed by atoms with Crippen LogP contribution in [0.4, 0.5) is 5.82 Å². The van der Waals surface area contributed by atoms with Crippen LogP contribution < -0.4 is 4.90 Å². The Hall–Kier alpha value is -2.43. The van der Waals surface area contributed by atoms with E-state index in [2.05, 4.69) is 17.3 Å². The van der Waals surface area contributed by atoms with Crippen LogP contribution in [-0.4, -0.2) is 17.0 Å². The Morgan fingerprint density at radius 2 is 1.83 bits per heavy atom. The lowest BCUT2D eigenvalue weighted by atomic mass is 9.73. The maximum Gasteiger partial charge on any atom is 0.239 e. The molecule has 0 radical (unpaired) electrons. The highest BCUT2D eigenvalue weighted by molar-refractivity contribution is 6.22. The zero-order valence-electron chi connectivity index (χ0n) is 13.4. The van der Waals surface area contributed by atoms with Gasteiger partial charge in [-0.15, -0.1) is 0 Å². The summed E-state index contributed by atoms with van der Waals surface area (Å²) in [6.07, 6.45) is 1.98. The van der Waals surface area contributed by atoms with Crippen LogP contribution in [0.5, 0.6) is 0 Å². The normalized spacial score (nSPS) is 34.2. The molecule has 3 fully saturated rings. The van der Waals surface area contributed by atoms with E-state index < -0.39 is 0 Å². The average Bonchev–Trinajstić information content (AvgIpc) is 3.32. The molecule has 5 atom stereocenters. The van der Waals surface area contributed by atoms with Crippen molar-refractivity contribution in [1.29, 1.82) is 0 Å². The lowest BCUT2D eigenvalue weighted by Crippen LogP contribution is -2.33. The first-order valence-corrected chi connectivity index (χ1v) is 8.51. The Bertz CT molecular complexity index is 828. The van der Waals surface area contributed by atoms with Gasteiger partial charge in [-0.25, -0.2) is 4.90 Å². The third kappa shape index (κ3) is 1.72. The van der Waals surface area contributed by atoms with Gasteiger partial charge >= 0.3 is 0 Å². The molecule has 2 aliphatic carbocycles. The number of rotatable bonds is 2. The molecular weight excluding hydrogens is 304 g/mol. The molecule has 2 bridgehead atoms. The van der Waals surface area contributed by atoms with Crippen LogP contribution in [0, 0.1) is 30.6 Å². The monoisotopic (exact) mass is 322 g/mol. The molecule has 1 aliphatic heterocycles. The van der Waals surface area contributed by atoms with Crippen molar-refractivity contribution in [3.8, 4) is 0 Å². The van der Waals surface area contributed by atoms with E-state index in [-0.39, 0.29) is 29.6 Å². The van der Waals surface area contributed by atoms with Gasteiger partial charge in [0.05, 0.1) is 11.8 Å². The Morgan fingerprint density at radius 3 is 2.54 bits per heavy atom. The van der Waals surface area contributed by atoms with Gasteiger partial charge in [-0.2, -0.15) is 0 Å². The summed E-state index contributed by atoms with van der Waals surface area (Å²) in [6.45, 7) is 1.76. The van der Waals surface area contributed by atoms with Crippen molar-refractivity contribution >= 4 is 17.6 Å². The molecule has 122 valence electrons. The van der Waals surface area contributed by atoms with Gasteiger partial charge in [-0.1, -0.05) is 35.5 Å². The molecule has 2 amide bonds. The molecule has 3 aliphatic rings. The zero-order chi connectivity index (χ0) is 16.4. The summed E-state index contributed by atoms with van der Waals surface area (Å²) < 4.78 is 5.06. The van der Waals surface area contributed by atoms with Crippen molar-refractivity contribution in [3.63, 3.8) is 0 Å². The van der Waals surface area contributed by atoms with Crippen molar-refractivity contribution in [2.45, 2.75) is 25.7 Å². The van der Waals surface area contributed by atoms with Crippen LogP contribution in [0.2, 0.25) is 0 Å². The number of carbonyl (C=O) groups excluding carboxylic acids is 2. The van der Waals surface area contributed by atoms with Gasteiger partial charge in [0, 0.05) is 6.07 Å². The number of aromatic nitrogens is 1. The third-order valence-electron chi connectivity index (χ3n) is 6.09. The number of hydrogen-bond acceptors (Lipinski definition) is 4. The first kappa shape index (κ1) is 14.0. The van der Waals surface area contributed by atoms with Crippen LogP contribution >= 0.6 is 0 Å². The van der Waals surface area contributed by atoms with E-state index >= 15 is 0 Å². The van der Waals surface area contributed by atoms with Gasteiger partial charge in [0.15, 0.2) is 5.82 Å². The number of fused-ring (bicyclic) bond motifs is 5. The van der Waals surface area contributed by atoms with Crippen LogP contribution in [0.1, 0.15) is 30.1 Å². The molecule has 5 nitrogen and oxygen atoms in total. The number of anilines is 1. The molecule has 24 heavy (non-hydrogen) atoms. The Balaban J connectivity index is 1.50. The number of imide groups is 1. The molecule has 2 saturated carbocycles. The molecule has 5 rings (SSSR count). The second-order valence-electron chi connectivity index (χ2n) is 7.27. The second kappa shape index (κ2) is 4.79. The maximum atomic E-state index is 13.0. The Kier molecular flexibility index (Phi) is 2.78. The first-order chi connectivity index (χ1) is 11.6. The van der Waals surface area contributed by atoms with Gasteiger partial charge in [-0.05, 0) is 43.1 Å². The van der Waals surface area contributed by atoms with Crippen molar-refractivity contribution in [3.05, 3.63) is 47.7 Å². The summed E-state index contributed by atoms with van der Waals surface area (Å²) in [4.78, 5) is 27.1. The van der Waals surface area contributed by atoms with E-state index in [0.717, 1.165) is 12.8 Å². The van der Waals surface area contributed by atoms with Gasteiger partial charge in [0.1, 0.15) is 5.76 Å². The van der Waals surface area contributed by atoms with E-state index in [9.17, 15) is 9.59 Å². The molecule has 0 spiro atoms. The van der Waals surface area contributed by atoms with Gasteiger partial charge < -0.3 is 4.52 Å². The predicted octanol–water partition coefficient (Wildman–Crippen LogP) is 2.91. The summed E-state index contributed by atoms with van der Waals surface area (Å²) in [7, 11) is 0. The fraction of sp³-hybridized carbons (Fsp3) is 0.421. The molecule has 1 saturated heterocycles. The zero-order valence-corrected chi connectivity index (χ0v) is 13.4. The Labute approximate surface area is 139 Å². The highest BCUT2D eigenvalue weighted by Gasteiger charge is 2.64. The third-order valence-corrected chi connectivity index (χ3v) is 6.09. The summed E-state index contributed by atoms with van der Waals surface area (Å²) in [5, 5.41) is 3.88.